The number of hydrogen-bond donors (Lipinski definition) is 0. The van der Waals surface area contributed by atoms with Gasteiger partial charge in [-0.15, -0.1) is 11.3 Å². The maximum absolute atomic E-state index is 12.9. The first kappa shape index (κ1) is 21.6. The predicted octanol–water partition coefficient (Wildman–Crippen LogP) is 2.92. The summed E-state index contributed by atoms with van der Waals surface area (Å²) in [7, 11) is 1.69. The van der Waals surface area contributed by atoms with Gasteiger partial charge < -0.3 is 4.57 Å². The summed E-state index contributed by atoms with van der Waals surface area (Å²) in [5.74, 6) is -0.0196. The first-order chi connectivity index (χ1) is 15.2. The lowest BCUT2D eigenvalue weighted by Gasteiger charge is -2.12. The van der Waals surface area contributed by atoms with Crippen LogP contribution < -0.4 is 14.8 Å². The molecule has 0 radical (unpaired) electrons. The van der Waals surface area contributed by atoms with Crippen LogP contribution >= 0.6 is 11.3 Å². The quantitative estimate of drug-likeness (QED) is 0.485. The average molecular weight is 445 g/mol. The number of Topliss-reactive ketones (excluding diaryl/α,β-unsaturated/α-hetero) is 1. The number of carbonyl (C=O) groups excluding carboxylic acids is 1. The fourth-order valence-electron chi connectivity index (χ4n) is 3.11. The van der Waals surface area contributed by atoms with Crippen molar-refractivity contribution in [2.24, 2.45) is 12.5 Å². The molecule has 162 valence electrons. The molecule has 7 heteroatoms. The molecule has 4 aromatic rings. The molecule has 1 aromatic carbocycles. The van der Waals surface area contributed by atoms with Crippen LogP contribution in [0.15, 0.2) is 65.8 Å². The van der Waals surface area contributed by atoms with Gasteiger partial charge in [-0.2, -0.15) is 5.10 Å². The molecule has 0 N–H and O–H groups in total. The van der Waals surface area contributed by atoms with Crippen molar-refractivity contribution < 1.29 is 4.79 Å². The van der Waals surface area contributed by atoms with Crippen molar-refractivity contribution in [3.8, 4) is 16.9 Å². The van der Waals surface area contributed by atoms with Crippen molar-refractivity contribution in [2.75, 3.05) is 0 Å². The van der Waals surface area contributed by atoms with E-state index in [-0.39, 0.29) is 11.3 Å². The van der Waals surface area contributed by atoms with Gasteiger partial charge in [0.2, 0.25) is 0 Å². The minimum Gasteiger partial charge on any atom is -0.302 e. The summed E-state index contributed by atoms with van der Waals surface area (Å²) in [6.07, 6.45) is 8.76. The second kappa shape index (κ2) is 8.51. The molecule has 0 amide bonds. The molecule has 6 nitrogen and oxygen atoms in total. The van der Waals surface area contributed by atoms with Gasteiger partial charge in [-0.1, -0.05) is 39.0 Å². The molecule has 0 spiro atoms. The zero-order valence-corrected chi connectivity index (χ0v) is 19.3. The zero-order chi connectivity index (χ0) is 22.9. The highest BCUT2D eigenvalue weighted by atomic mass is 32.1. The van der Waals surface area contributed by atoms with E-state index in [0.29, 0.717) is 9.20 Å². The number of aromatic nitrogens is 4. The highest BCUT2D eigenvalue weighted by Crippen LogP contribution is 2.23. The zero-order valence-electron chi connectivity index (χ0n) is 18.4. The molecule has 0 aliphatic carbocycles. The molecular formula is C25H24N4O2S. The van der Waals surface area contributed by atoms with Gasteiger partial charge in [0.1, 0.15) is 10.4 Å². The summed E-state index contributed by atoms with van der Waals surface area (Å²) in [5, 5.41) is 4.77. The van der Waals surface area contributed by atoms with Gasteiger partial charge in [0.25, 0.3) is 5.56 Å². The Balaban J connectivity index is 1.90. The molecular weight excluding hydrogens is 420 g/mol. The van der Waals surface area contributed by atoms with E-state index in [9.17, 15) is 9.59 Å². The number of benzene rings is 1. The van der Waals surface area contributed by atoms with Gasteiger partial charge in [-0.3, -0.25) is 14.6 Å². The van der Waals surface area contributed by atoms with Gasteiger partial charge >= 0.3 is 0 Å². The number of nitrogens with zero attached hydrogens (tertiary/aromatic N) is 4. The molecule has 32 heavy (non-hydrogen) atoms. The van der Waals surface area contributed by atoms with E-state index >= 15 is 0 Å². The van der Waals surface area contributed by atoms with E-state index in [0.717, 1.165) is 22.5 Å². The van der Waals surface area contributed by atoms with Crippen molar-refractivity contribution in [1.82, 2.24) is 19.3 Å². The molecule has 0 fully saturated rings. The van der Waals surface area contributed by atoms with Gasteiger partial charge in [0, 0.05) is 48.3 Å². The van der Waals surface area contributed by atoms with E-state index in [2.05, 4.69) is 4.98 Å². The molecule has 0 aliphatic heterocycles. The monoisotopic (exact) mass is 444 g/mol. The van der Waals surface area contributed by atoms with Crippen LogP contribution in [-0.4, -0.2) is 25.1 Å². The van der Waals surface area contributed by atoms with E-state index in [1.807, 2.05) is 75.5 Å². The summed E-state index contributed by atoms with van der Waals surface area (Å²) < 4.78 is 4.48. The Bertz CT molecular complexity index is 1440. The smallest absolute Gasteiger partial charge is 0.268 e. The van der Waals surface area contributed by atoms with Gasteiger partial charge in [-0.25, -0.2) is 4.68 Å². The van der Waals surface area contributed by atoms with Crippen LogP contribution in [0.25, 0.3) is 29.1 Å². The van der Waals surface area contributed by atoms with E-state index in [4.69, 9.17) is 5.10 Å². The lowest BCUT2D eigenvalue weighted by atomic mass is 9.91. The Hall–Kier alpha value is -3.58. The molecule has 0 atom stereocenters. The van der Waals surface area contributed by atoms with Crippen molar-refractivity contribution in [1.29, 1.82) is 0 Å². The Morgan fingerprint density at radius 2 is 1.84 bits per heavy atom. The van der Waals surface area contributed by atoms with Crippen LogP contribution in [0, 0.1) is 5.41 Å². The lowest BCUT2D eigenvalue weighted by Crippen LogP contribution is -2.30. The summed E-state index contributed by atoms with van der Waals surface area (Å²) >= 11 is 1.30. The Kier molecular flexibility index (Phi) is 5.76. The molecule has 3 aromatic heterocycles. The summed E-state index contributed by atoms with van der Waals surface area (Å²) in [6.45, 7) is 5.59. The third kappa shape index (κ3) is 4.38. The third-order valence-corrected chi connectivity index (χ3v) is 6.15. The summed E-state index contributed by atoms with van der Waals surface area (Å²) in [4.78, 5) is 29.6. The van der Waals surface area contributed by atoms with Crippen molar-refractivity contribution in [3.05, 3.63) is 86.2 Å². The van der Waals surface area contributed by atoms with Crippen molar-refractivity contribution in [3.63, 3.8) is 0 Å². The van der Waals surface area contributed by atoms with E-state index < -0.39 is 5.41 Å². The molecule has 0 saturated heterocycles. The summed E-state index contributed by atoms with van der Waals surface area (Å²) in [5.41, 5.74) is 2.65. The van der Waals surface area contributed by atoms with Crippen LogP contribution in [0.4, 0.5) is 0 Å². The number of pyridine rings is 1. The number of para-hydroxylation sites is 1. The second-order valence-electron chi connectivity index (χ2n) is 8.53. The fourth-order valence-corrected chi connectivity index (χ4v) is 4.13. The molecule has 0 bridgehead atoms. The standard InChI is InChI=1S/C25H24N4O2S/c1-25(2,3)21(30)14-22-28(4)24(31)20(32-22)13-18-16-29(19-10-6-5-7-11-19)27-23(18)17-9-8-12-26-15-17/h5-16H,1-4H3/b20-13-,22-14+. The largest absolute Gasteiger partial charge is 0.302 e. The van der Waals surface area contributed by atoms with Crippen molar-refractivity contribution in [2.45, 2.75) is 20.8 Å². The Morgan fingerprint density at radius 1 is 1.09 bits per heavy atom. The first-order valence-electron chi connectivity index (χ1n) is 10.2. The first-order valence-corrected chi connectivity index (χ1v) is 11.0. The van der Waals surface area contributed by atoms with Crippen LogP contribution in [0.1, 0.15) is 26.3 Å². The lowest BCUT2D eigenvalue weighted by molar-refractivity contribution is -0.120. The number of thiazole rings is 1. The number of carbonyl (C=O) groups is 1. The van der Waals surface area contributed by atoms with Crippen LogP contribution in [0.2, 0.25) is 0 Å². The Morgan fingerprint density at radius 3 is 2.50 bits per heavy atom. The van der Waals surface area contributed by atoms with Gasteiger partial charge in [-0.05, 0) is 30.3 Å². The van der Waals surface area contributed by atoms with Crippen LogP contribution in [0.5, 0.6) is 0 Å². The highest BCUT2D eigenvalue weighted by Gasteiger charge is 2.19. The maximum Gasteiger partial charge on any atom is 0.268 e. The van der Waals surface area contributed by atoms with E-state index in [1.54, 1.807) is 30.2 Å². The molecule has 0 unspecified atom stereocenters. The highest BCUT2D eigenvalue weighted by molar-refractivity contribution is 7.07. The maximum atomic E-state index is 12.9. The summed E-state index contributed by atoms with van der Waals surface area (Å²) in [6, 6.07) is 13.6. The van der Waals surface area contributed by atoms with E-state index in [1.165, 1.54) is 15.9 Å². The van der Waals surface area contributed by atoms with Crippen LogP contribution in [-0.2, 0) is 11.8 Å². The van der Waals surface area contributed by atoms with Gasteiger partial charge in [0.15, 0.2) is 5.78 Å². The topological polar surface area (TPSA) is 69.8 Å². The average Bonchev–Trinajstić information content (AvgIpc) is 3.31. The number of ketones is 1. The normalized spacial score (nSPS) is 13.0. The fraction of sp³-hybridized carbons (Fsp3) is 0.200. The predicted molar refractivity (Wildman–Crippen MR) is 128 cm³/mol. The minimum atomic E-state index is -0.506. The van der Waals surface area contributed by atoms with Gasteiger partial charge in [0.05, 0.1) is 10.2 Å². The second-order valence-corrected chi connectivity index (χ2v) is 9.59. The number of rotatable bonds is 4. The molecule has 0 aliphatic rings. The SMILES string of the molecule is Cn1c(=O)/c(=C/c2cn(-c3ccccc3)nc2-c2cccnc2)s/c1=C/C(=O)C(C)(C)C. The minimum absolute atomic E-state index is 0.0196. The van der Waals surface area contributed by atoms with Crippen molar-refractivity contribution >= 4 is 29.3 Å². The molecule has 0 saturated carbocycles. The molecule has 4 rings (SSSR count). The third-order valence-electron chi connectivity index (χ3n) is 5.04. The van der Waals surface area contributed by atoms with Crippen LogP contribution in [0.3, 0.4) is 0 Å². The number of hydrogen-bond acceptors (Lipinski definition) is 5. The Labute approximate surface area is 189 Å². The molecule has 3 heterocycles.